The van der Waals surface area contributed by atoms with E-state index in [0.717, 1.165) is 22.2 Å². The zero-order valence-corrected chi connectivity index (χ0v) is 13.7. The van der Waals surface area contributed by atoms with Gasteiger partial charge in [-0.1, -0.05) is 35.5 Å². The molecule has 0 radical (unpaired) electrons. The van der Waals surface area contributed by atoms with Gasteiger partial charge in [-0.3, -0.25) is 0 Å². The van der Waals surface area contributed by atoms with Crippen LogP contribution in [-0.2, 0) is 0 Å². The Balaban J connectivity index is 1.55. The van der Waals surface area contributed by atoms with Crippen molar-refractivity contribution in [3.63, 3.8) is 0 Å². The Morgan fingerprint density at radius 3 is 2.69 bits per heavy atom. The molecule has 5 aromatic rings. The molecule has 3 aromatic heterocycles. The first-order valence-electron chi connectivity index (χ1n) is 7.98. The van der Waals surface area contributed by atoms with Gasteiger partial charge in [-0.15, -0.1) is 0 Å². The molecule has 0 amide bonds. The third-order valence-corrected chi connectivity index (χ3v) is 3.98. The summed E-state index contributed by atoms with van der Waals surface area (Å²) >= 11 is 0. The van der Waals surface area contributed by atoms with Crippen molar-refractivity contribution in [1.82, 2.24) is 20.1 Å². The van der Waals surface area contributed by atoms with Crippen molar-refractivity contribution >= 4 is 11.1 Å². The second-order valence-corrected chi connectivity index (χ2v) is 5.73. The van der Waals surface area contributed by atoms with Crippen molar-refractivity contribution in [1.29, 1.82) is 0 Å². The maximum absolute atomic E-state index is 5.52. The first kappa shape index (κ1) is 14.6. The summed E-state index contributed by atoms with van der Waals surface area (Å²) in [5, 5.41) is 4.06. The van der Waals surface area contributed by atoms with Gasteiger partial charge in [-0.05, 0) is 18.2 Å². The second kappa shape index (κ2) is 5.66. The molecule has 126 valence electrons. The normalized spacial score (nSPS) is 11.3. The summed E-state index contributed by atoms with van der Waals surface area (Å²) in [5.41, 5.74) is 3.65. The van der Waals surface area contributed by atoms with Crippen molar-refractivity contribution in [2.75, 3.05) is 0 Å². The number of nitrogens with zero attached hydrogens (tertiary/aromatic N) is 4. The van der Waals surface area contributed by atoms with Crippen LogP contribution in [0.25, 0.3) is 45.4 Å². The van der Waals surface area contributed by atoms with Gasteiger partial charge in [-0.25, -0.2) is 9.97 Å². The Bertz CT molecular complexity index is 1200. The molecule has 0 N–H and O–H groups in total. The summed E-state index contributed by atoms with van der Waals surface area (Å²) < 4.78 is 16.4. The van der Waals surface area contributed by atoms with Crippen LogP contribution >= 0.6 is 0 Å². The topological polar surface area (TPSA) is 91.0 Å². The summed E-state index contributed by atoms with van der Waals surface area (Å²) in [4.78, 5) is 13.0. The van der Waals surface area contributed by atoms with E-state index in [2.05, 4.69) is 20.1 Å². The Kier molecular flexibility index (Phi) is 3.18. The summed E-state index contributed by atoms with van der Waals surface area (Å²) in [6.45, 7) is 1.81. The number of hydrogen-bond acceptors (Lipinski definition) is 7. The molecule has 0 fully saturated rings. The van der Waals surface area contributed by atoms with Crippen LogP contribution in [0.3, 0.4) is 0 Å². The molecule has 3 heterocycles. The first-order chi connectivity index (χ1) is 12.8. The molecular formula is C19H12N4O3. The lowest BCUT2D eigenvalue weighted by atomic mass is 10.1. The molecule has 0 unspecified atom stereocenters. The molecule has 26 heavy (non-hydrogen) atoms. The molecule has 0 bridgehead atoms. The van der Waals surface area contributed by atoms with E-state index in [9.17, 15) is 0 Å². The number of oxazole rings is 2. The molecule has 7 heteroatoms. The van der Waals surface area contributed by atoms with Gasteiger partial charge in [0.05, 0.1) is 0 Å². The molecule has 2 aromatic carbocycles. The zero-order chi connectivity index (χ0) is 17.5. The van der Waals surface area contributed by atoms with Gasteiger partial charge < -0.3 is 13.4 Å². The molecule has 0 saturated carbocycles. The smallest absolute Gasteiger partial charge is 0.280 e. The number of fused-ring (bicyclic) bond motifs is 1. The van der Waals surface area contributed by atoms with Gasteiger partial charge in [-0.2, -0.15) is 4.98 Å². The standard InChI is InChI=1S/C19H12N4O3/c1-11-21-14-9-13(7-8-15(14)25-11)18-22-19(26-23-18)16-17(24-10-20-16)12-5-3-2-4-6-12/h2-10H,1H3. The van der Waals surface area contributed by atoms with Crippen LogP contribution in [0.2, 0.25) is 0 Å². The minimum atomic E-state index is 0.295. The molecular weight excluding hydrogens is 332 g/mol. The highest BCUT2D eigenvalue weighted by atomic mass is 16.5. The van der Waals surface area contributed by atoms with Crippen molar-refractivity contribution < 1.29 is 13.4 Å². The fraction of sp³-hybridized carbons (Fsp3) is 0.0526. The fourth-order valence-electron chi connectivity index (χ4n) is 2.81. The average molecular weight is 344 g/mol. The van der Waals surface area contributed by atoms with E-state index < -0.39 is 0 Å². The van der Waals surface area contributed by atoms with Crippen LogP contribution in [0.4, 0.5) is 0 Å². The van der Waals surface area contributed by atoms with Gasteiger partial charge in [0.1, 0.15) is 5.52 Å². The van der Waals surface area contributed by atoms with E-state index in [1.54, 1.807) is 0 Å². The zero-order valence-electron chi connectivity index (χ0n) is 13.7. The minimum Gasteiger partial charge on any atom is -0.443 e. The van der Waals surface area contributed by atoms with Gasteiger partial charge in [0, 0.05) is 18.1 Å². The maximum atomic E-state index is 5.52. The van der Waals surface area contributed by atoms with Gasteiger partial charge >= 0.3 is 0 Å². The number of aromatic nitrogens is 4. The predicted octanol–water partition coefficient (Wildman–Crippen LogP) is 4.51. The SMILES string of the molecule is Cc1nc2cc(-c3noc(-c4ncoc4-c4ccccc4)n3)ccc2o1. The third-order valence-electron chi connectivity index (χ3n) is 3.98. The largest absolute Gasteiger partial charge is 0.443 e. The van der Waals surface area contributed by atoms with Crippen LogP contribution in [0.15, 0.2) is 68.3 Å². The third kappa shape index (κ3) is 2.37. The summed E-state index contributed by atoms with van der Waals surface area (Å²) in [5.74, 6) is 1.94. The monoisotopic (exact) mass is 344 g/mol. The molecule has 0 aliphatic heterocycles. The molecule has 0 saturated heterocycles. The quantitative estimate of drug-likeness (QED) is 0.475. The fourth-order valence-corrected chi connectivity index (χ4v) is 2.81. The minimum absolute atomic E-state index is 0.295. The Labute approximate surface area is 147 Å². The van der Waals surface area contributed by atoms with Crippen LogP contribution in [0.1, 0.15) is 5.89 Å². The van der Waals surface area contributed by atoms with Crippen LogP contribution < -0.4 is 0 Å². The number of rotatable bonds is 3. The van der Waals surface area contributed by atoms with E-state index in [1.165, 1.54) is 6.39 Å². The van der Waals surface area contributed by atoms with Crippen LogP contribution in [0.5, 0.6) is 0 Å². The van der Waals surface area contributed by atoms with Crippen molar-refractivity contribution in [2.45, 2.75) is 6.92 Å². The molecule has 0 atom stereocenters. The van der Waals surface area contributed by atoms with E-state index in [-0.39, 0.29) is 0 Å². The lowest BCUT2D eigenvalue weighted by Gasteiger charge is -1.96. The molecule has 0 aliphatic carbocycles. The lowest BCUT2D eigenvalue weighted by Crippen LogP contribution is -1.84. The maximum Gasteiger partial charge on any atom is 0.280 e. The first-order valence-corrected chi connectivity index (χ1v) is 7.98. The van der Waals surface area contributed by atoms with E-state index in [1.807, 2.05) is 55.5 Å². The van der Waals surface area contributed by atoms with Gasteiger partial charge in [0.25, 0.3) is 5.89 Å². The highest BCUT2D eigenvalue weighted by molar-refractivity contribution is 5.79. The predicted molar refractivity (Wildman–Crippen MR) is 93.0 cm³/mol. The summed E-state index contributed by atoms with van der Waals surface area (Å²) in [6.07, 6.45) is 1.37. The van der Waals surface area contributed by atoms with E-state index in [4.69, 9.17) is 13.4 Å². The van der Waals surface area contributed by atoms with E-state index >= 15 is 0 Å². The molecule has 5 rings (SSSR count). The average Bonchev–Trinajstić information content (AvgIpc) is 3.39. The summed E-state index contributed by atoms with van der Waals surface area (Å²) in [6, 6.07) is 15.2. The van der Waals surface area contributed by atoms with Gasteiger partial charge in [0.15, 0.2) is 29.3 Å². The number of aryl methyl sites for hydroxylation is 1. The molecule has 0 aliphatic rings. The Morgan fingerprint density at radius 2 is 1.81 bits per heavy atom. The number of benzene rings is 2. The second-order valence-electron chi connectivity index (χ2n) is 5.73. The highest BCUT2D eigenvalue weighted by Gasteiger charge is 2.20. The van der Waals surface area contributed by atoms with Crippen molar-refractivity contribution in [3.05, 3.63) is 60.8 Å². The Morgan fingerprint density at radius 1 is 0.923 bits per heavy atom. The Hall–Kier alpha value is -3.74. The lowest BCUT2D eigenvalue weighted by molar-refractivity contribution is 0.431. The van der Waals surface area contributed by atoms with Crippen molar-refractivity contribution in [3.8, 4) is 34.3 Å². The van der Waals surface area contributed by atoms with Crippen molar-refractivity contribution in [2.24, 2.45) is 0 Å². The molecule has 0 spiro atoms. The van der Waals surface area contributed by atoms with Gasteiger partial charge in [0.2, 0.25) is 5.82 Å². The molecule has 7 nitrogen and oxygen atoms in total. The van der Waals surface area contributed by atoms with E-state index in [0.29, 0.717) is 29.1 Å². The van der Waals surface area contributed by atoms with Crippen LogP contribution in [-0.4, -0.2) is 20.1 Å². The van der Waals surface area contributed by atoms with Crippen LogP contribution in [0, 0.1) is 6.92 Å². The highest BCUT2D eigenvalue weighted by Crippen LogP contribution is 2.31. The summed E-state index contributed by atoms with van der Waals surface area (Å²) in [7, 11) is 0. The number of hydrogen-bond donors (Lipinski definition) is 0.